The number of nitrogens with two attached hydrogens (primary N) is 2. The highest BCUT2D eigenvalue weighted by atomic mass is 32.2. The number of anilines is 2. The SMILES string of the molecule is Nc1ccn([C@@H]2CS[C@H](COC(=O)CCCCCCCCCCCCC(=O)OC[C@@H]3O[C@H](n4cc(F)c(N)nc4=O)CS3)O2)c(=O)n1. The first-order valence-corrected chi connectivity index (χ1v) is 18.0. The molecule has 0 aliphatic carbocycles. The van der Waals surface area contributed by atoms with Crippen LogP contribution in [0.1, 0.15) is 89.5 Å². The van der Waals surface area contributed by atoms with E-state index >= 15 is 0 Å². The average molecular weight is 699 g/mol. The number of nitrogens with zero attached hydrogens (tertiary/aromatic N) is 4. The molecule has 4 atom stereocenters. The summed E-state index contributed by atoms with van der Waals surface area (Å²) in [5.74, 6) is -0.658. The summed E-state index contributed by atoms with van der Waals surface area (Å²) in [6.45, 7) is 0.205. The van der Waals surface area contributed by atoms with Gasteiger partial charge in [0.15, 0.2) is 11.6 Å². The second kappa shape index (κ2) is 19.0. The fourth-order valence-electron chi connectivity index (χ4n) is 5.08. The van der Waals surface area contributed by atoms with Crippen molar-refractivity contribution in [1.29, 1.82) is 0 Å². The minimum Gasteiger partial charge on any atom is -0.462 e. The molecule has 0 amide bonds. The van der Waals surface area contributed by atoms with Crippen LogP contribution in [0.15, 0.2) is 28.0 Å². The molecule has 17 heteroatoms. The molecule has 0 saturated carbocycles. The van der Waals surface area contributed by atoms with E-state index in [9.17, 15) is 23.6 Å². The molecule has 0 bridgehead atoms. The molecule has 260 valence electrons. The fraction of sp³-hybridized carbons (Fsp3) is 0.667. The lowest BCUT2D eigenvalue weighted by Crippen LogP contribution is -2.30. The van der Waals surface area contributed by atoms with Gasteiger partial charge in [-0.05, 0) is 18.9 Å². The van der Waals surface area contributed by atoms with Gasteiger partial charge in [-0.1, -0.05) is 51.4 Å². The summed E-state index contributed by atoms with van der Waals surface area (Å²) in [6.07, 6.45) is 12.2. The number of nitrogen functional groups attached to an aromatic ring is 2. The maximum absolute atomic E-state index is 13.7. The van der Waals surface area contributed by atoms with Crippen LogP contribution in [0.2, 0.25) is 0 Å². The van der Waals surface area contributed by atoms with E-state index in [4.69, 9.17) is 30.4 Å². The molecule has 14 nitrogen and oxygen atoms in total. The molecule has 2 aromatic heterocycles. The highest BCUT2D eigenvalue weighted by Gasteiger charge is 2.30. The second-order valence-corrected chi connectivity index (χ2v) is 13.7. The number of ether oxygens (including phenoxy) is 4. The smallest absolute Gasteiger partial charge is 0.351 e. The molecule has 4 N–H and O–H groups in total. The lowest BCUT2D eigenvalue weighted by atomic mass is 10.1. The monoisotopic (exact) mass is 698 g/mol. The molecule has 47 heavy (non-hydrogen) atoms. The van der Waals surface area contributed by atoms with E-state index in [1.165, 1.54) is 28.1 Å². The Morgan fingerprint density at radius 2 is 1.26 bits per heavy atom. The zero-order valence-electron chi connectivity index (χ0n) is 26.3. The maximum atomic E-state index is 13.7. The molecular formula is C30H43FN6O8S2. The molecule has 0 aromatic carbocycles. The van der Waals surface area contributed by atoms with Crippen molar-refractivity contribution >= 4 is 47.1 Å². The fourth-order valence-corrected chi connectivity index (χ4v) is 7.06. The molecule has 0 spiro atoms. The van der Waals surface area contributed by atoms with Crippen LogP contribution in [0.3, 0.4) is 0 Å². The Hall–Kier alpha value is -3.15. The van der Waals surface area contributed by atoms with Crippen LogP contribution in [0.25, 0.3) is 0 Å². The summed E-state index contributed by atoms with van der Waals surface area (Å²) in [7, 11) is 0. The standard InChI is InChI=1S/C30H43FN6O8S2/c31-20-15-37(30(41)35-28(20)33)23-19-47-27(45-23)17-43-25(39)12-10-8-6-4-2-1-3-5-7-9-11-24(38)42-16-26-44-22(18-46-26)36-14-13-21(32)34-29(36)40/h13-15,22-23,26-27H,1-12,16-19H2,(H2,32,34,40)(H2,33,35,41)/t22-,23-,26+,27+/m0/s1. The number of rotatable bonds is 19. The van der Waals surface area contributed by atoms with Crippen LogP contribution in [0.4, 0.5) is 16.0 Å². The number of unbranched alkanes of at least 4 members (excludes halogenated alkanes) is 9. The Morgan fingerprint density at radius 1 is 0.787 bits per heavy atom. The van der Waals surface area contributed by atoms with Crippen LogP contribution in [-0.4, -0.2) is 66.6 Å². The highest BCUT2D eigenvalue weighted by Crippen LogP contribution is 2.32. The first-order chi connectivity index (χ1) is 22.7. The van der Waals surface area contributed by atoms with Gasteiger partial charge in [-0.25, -0.2) is 14.0 Å². The van der Waals surface area contributed by atoms with Gasteiger partial charge < -0.3 is 30.4 Å². The first-order valence-electron chi connectivity index (χ1n) is 15.9. The van der Waals surface area contributed by atoms with Gasteiger partial charge >= 0.3 is 23.3 Å². The Labute approximate surface area is 280 Å². The van der Waals surface area contributed by atoms with Gasteiger partial charge in [-0.15, -0.1) is 23.5 Å². The lowest BCUT2D eigenvalue weighted by Gasteiger charge is -2.15. The third-order valence-corrected chi connectivity index (χ3v) is 9.84. The topological polar surface area (TPSA) is 193 Å². The molecule has 2 saturated heterocycles. The number of hydrogen-bond donors (Lipinski definition) is 2. The summed E-state index contributed by atoms with van der Waals surface area (Å²) in [5, 5.41) is 0. The predicted octanol–water partition coefficient (Wildman–Crippen LogP) is 3.75. The van der Waals surface area contributed by atoms with Crippen molar-refractivity contribution < 1.29 is 32.9 Å². The minimum atomic E-state index is -0.794. The van der Waals surface area contributed by atoms with Crippen LogP contribution >= 0.6 is 23.5 Å². The van der Waals surface area contributed by atoms with E-state index in [2.05, 4.69) is 9.97 Å². The average Bonchev–Trinajstić information content (AvgIpc) is 3.71. The second-order valence-electron chi connectivity index (χ2n) is 11.3. The van der Waals surface area contributed by atoms with E-state index in [1.54, 1.807) is 12.3 Å². The maximum Gasteiger partial charge on any atom is 0.351 e. The number of thioether (sulfide) groups is 2. The van der Waals surface area contributed by atoms with Gasteiger partial charge in [-0.2, -0.15) is 9.97 Å². The van der Waals surface area contributed by atoms with Crippen molar-refractivity contribution in [3.05, 3.63) is 45.2 Å². The largest absolute Gasteiger partial charge is 0.462 e. The molecule has 2 aromatic rings. The van der Waals surface area contributed by atoms with Gasteiger partial charge in [0.1, 0.15) is 42.4 Å². The van der Waals surface area contributed by atoms with Gasteiger partial charge in [0.25, 0.3) is 0 Å². The van der Waals surface area contributed by atoms with E-state index in [0.717, 1.165) is 75.0 Å². The van der Waals surface area contributed by atoms with E-state index in [-0.39, 0.29) is 36.4 Å². The summed E-state index contributed by atoms with van der Waals surface area (Å²) in [4.78, 5) is 55.3. The molecule has 0 radical (unpaired) electrons. The molecular weight excluding hydrogens is 655 g/mol. The zero-order chi connectivity index (χ0) is 33.6. The predicted molar refractivity (Wildman–Crippen MR) is 176 cm³/mol. The normalized spacial score (nSPS) is 20.8. The summed E-state index contributed by atoms with van der Waals surface area (Å²) in [5.41, 5.74) is 8.92. The van der Waals surface area contributed by atoms with E-state index in [1.807, 2.05) is 0 Å². The Bertz CT molecular complexity index is 1450. The van der Waals surface area contributed by atoms with Crippen LogP contribution < -0.4 is 22.8 Å². The molecule has 4 rings (SSSR count). The van der Waals surface area contributed by atoms with Crippen LogP contribution in [0, 0.1) is 5.82 Å². The zero-order valence-corrected chi connectivity index (χ0v) is 27.9. The van der Waals surface area contributed by atoms with Crippen LogP contribution in [0.5, 0.6) is 0 Å². The van der Waals surface area contributed by atoms with E-state index < -0.39 is 40.9 Å². The molecule has 2 aliphatic heterocycles. The Balaban J connectivity index is 0.917. The Morgan fingerprint density at radius 3 is 1.77 bits per heavy atom. The molecule has 0 unspecified atom stereocenters. The number of esters is 2. The van der Waals surface area contributed by atoms with Gasteiger partial charge in [0.05, 0.1) is 6.20 Å². The van der Waals surface area contributed by atoms with Crippen molar-refractivity contribution in [2.45, 2.75) is 100 Å². The number of carbonyl (C=O) groups excluding carboxylic acids is 2. The summed E-state index contributed by atoms with van der Waals surface area (Å²) < 4.78 is 38.3. The number of hydrogen-bond acceptors (Lipinski definition) is 14. The van der Waals surface area contributed by atoms with Crippen molar-refractivity contribution in [2.24, 2.45) is 0 Å². The van der Waals surface area contributed by atoms with Gasteiger partial charge in [0.2, 0.25) is 0 Å². The lowest BCUT2D eigenvalue weighted by molar-refractivity contribution is -0.147. The summed E-state index contributed by atoms with van der Waals surface area (Å²) in [6, 6.07) is 1.54. The third kappa shape index (κ3) is 12.1. The quantitative estimate of drug-likeness (QED) is 0.159. The van der Waals surface area contributed by atoms with Crippen molar-refractivity contribution in [3.63, 3.8) is 0 Å². The van der Waals surface area contributed by atoms with Gasteiger partial charge in [0, 0.05) is 30.5 Å². The van der Waals surface area contributed by atoms with Crippen molar-refractivity contribution in [2.75, 3.05) is 36.2 Å². The number of halogens is 1. The number of aromatic nitrogens is 4. The molecule has 2 aliphatic rings. The van der Waals surface area contributed by atoms with Crippen molar-refractivity contribution in [1.82, 2.24) is 19.1 Å². The molecule has 2 fully saturated rings. The third-order valence-electron chi connectivity index (χ3n) is 7.65. The first kappa shape index (κ1) is 36.7. The number of carbonyl (C=O) groups is 2. The van der Waals surface area contributed by atoms with E-state index in [0.29, 0.717) is 24.3 Å². The van der Waals surface area contributed by atoms with Gasteiger partial charge in [-0.3, -0.25) is 18.7 Å². The summed E-state index contributed by atoms with van der Waals surface area (Å²) >= 11 is 2.87. The van der Waals surface area contributed by atoms with Crippen molar-refractivity contribution in [3.8, 4) is 0 Å². The minimum absolute atomic E-state index is 0.0599. The molecule has 4 heterocycles. The van der Waals surface area contributed by atoms with Crippen LogP contribution in [-0.2, 0) is 28.5 Å². The highest BCUT2D eigenvalue weighted by molar-refractivity contribution is 8.00. The Kier molecular flexibility index (Phi) is 14.8.